The molecule has 14 nitrogen and oxygen atoms in total. The Hall–Kier alpha value is -0.560. The van der Waals surface area contributed by atoms with Gasteiger partial charge in [0.05, 0.1) is 37.6 Å². The second-order valence-electron chi connectivity index (χ2n) is 11.2. The van der Waals surface area contributed by atoms with Gasteiger partial charge in [0, 0.05) is 37.3 Å². The number of ether oxygens (including phenoxy) is 2. The molecule has 0 amide bonds. The molecule has 2 aliphatic carbocycles. The van der Waals surface area contributed by atoms with Crippen molar-refractivity contribution in [1.29, 1.82) is 0 Å². The number of nitrogens with two attached hydrogens (primary N) is 4. The van der Waals surface area contributed by atoms with Crippen LogP contribution in [0.5, 0.6) is 0 Å². The molecule has 226 valence electrons. The van der Waals surface area contributed by atoms with E-state index in [1.165, 1.54) is 0 Å². The number of unbranched alkanes of at least 4 members (excludes halogenated alkanes) is 1. The molecule has 0 bridgehead atoms. The zero-order chi connectivity index (χ0) is 28.6. The molecule has 0 spiro atoms. The zero-order valence-corrected chi connectivity index (χ0v) is 22.7. The van der Waals surface area contributed by atoms with E-state index in [4.69, 9.17) is 32.4 Å². The zero-order valence-electron chi connectivity index (χ0n) is 22.7. The lowest BCUT2D eigenvalue weighted by molar-refractivity contribution is -0.139. The van der Waals surface area contributed by atoms with Gasteiger partial charge in [-0.2, -0.15) is 0 Å². The van der Waals surface area contributed by atoms with Crippen LogP contribution in [0.15, 0.2) is 0 Å². The quantitative estimate of drug-likeness (QED) is 0.0852. The first-order valence-electron chi connectivity index (χ1n) is 13.5. The van der Waals surface area contributed by atoms with Crippen molar-refractivity contribution in [3.05, 3.63) is 0 Å². The van der Waals surface area contributed by atoms with Crippen LogP contribution in [0.4, 0.5) is 0 Å². The first-order valence-corrected chi connectivity index (χ1v) is 13.5. The van der Waals surface area contributed by atoms with Crippen molar-refractivity contribution in [2.45, 2.75) is 98.7 Å². The molecule has 0 aliphatic heterocycles. The van der Waals surface area contributed by atoms with E-state index in [0.29, 0.717) is 25.9 Å². The number of aliphatic hydroxyl groups excluding tert-OH is 6. The first-order chi connectivity index (χ1) is 17.8. The Balaban J connectivity index is 1.57. The molecule has 0 aromatic heterocycles. The normalized spacial score (nSPS) is 38.1. The Morgan fingerprint density at radius 3 is 1.32 bits per heavy atom. The van der Waals surface area contributed by atoms with Gasteiger partial charge in [0.15, 0.2) is 0 Å². The molecule has 0 radical (unpaired) electrons. The summed E-state index contributed by atoms with van der Waals surface area (Å²) in [6.07, 6.45) is -5.32. The van der Waals surface area contributed by atoms with Gasteiger partial charge in [-0.25, -0.2) is 0 Å². The fraction of sp³-hybridized carbons (Fsp3) is 1.00. The lowest BCUT2D eigenvalue weighted by atomic mass is 9.85. The number of hydrogen-bond acceptors (Lipinski definition) is 14. The molecule has 0 aromatic carbocycles. The van der Waals surface area contributed by atoms with Crippen LogP contribution in [0, 0.1) is 0 Å². The summed E-state index contributed by atoms with van der Waals surface area (Å²) in [5, 5.41) is 60.8. The fourth-order valence-corrected chi connectivity index (χ4v) is 5.24. The summed E-state index contributed by atoms with van der Waals surface area (Å²) in [7, 11) is 3.79. The predicted molar refractivity (Wildman–Crippen MR) is 141 cm³/mol. The van der Waals surface area contributed by atoms with Gasteiger partial charge >= 0.3 is 0 Å². The van der Waals surface area contributed by atoms with Crippen molar-refractivity contribution in [2.75, 3.05) is 53.5 Å². The third-order valence-corrected chi connectivity index (χ3v) is 7.52. The first kappa shape index (κ1) is 33.6. The lowest BCUT2D eigenvalue weighted by Gasteiger charge is -2.40. The van der Waals surface area contributed by atoms with Crippen molar-refractivity contribution in [3.8, 4) is 0 Å². The molecule has 0 saturated heterocycles. The Kier molecular flexibility index (Phi) is 14.2. The number of aliphatic hydroxyl groups is 6. The highest BCUT2D eigenvalue weighted by atomic mass is 16.5. The summed E-state index contributed by atoms with van der Waals surface area (Å²) in [5.74, 6) is 0. The van der Waals surface area contributed by atoms with Crippen molar-refractivity contribution in [1.82, 2.24) is 9.80 Å². The predicted octanol–water partition coefficient (Wildman–Crippen LogP) is -5.32. The third-order valence-electron chi connectivity index (χ3n) is 7.52. The van der Waals surface area contributed by atoms with E-state index in [1.807, 2.05) is 23.9 Å². The summed E-state index contributed by atoms with van der Waals surface area (Å²) >= 11 is 0. The molecule has 12 atom stereocenters. The number of likely N-dealkylation sites (N-methyl/N-ethyl adjacent to an activating group) is 2. The highest BCUT2D eigenvalue weighted by molar-refractivity contribution is 4.98. The van der Waals surface area contributed by atoms with Crippen molar-refractivity contribution >= 4 is 0 Å². The largest absolute Gasteiger partial charge is 0.389 e. The highest BCUT2D eigenvalue weighted by Gasteiger charge is 2.42. The van der Waals surface area contributed by atoms with Crippen LogP contribution in [-0.2, 0) is 9.47 Å². The minimum atomic E-state index is -1.19. The Bertz CT molecular complexity index is 617. The van der Waals surface area contributed by atoms with E-state index in [1.54, 1.807) is 0 Å². The minimum absolute atomic E-state index is 0.0149. The van der Waals surface area contributed by atoms with Crippen LogP contribution in [0.2, 0.25) is 0 Å². The molecule has 2 rings (SSSR count). The van der Waals surface area contributed by atoms with E-state index in [-0.39, 0.29) is 13.2 Å². The van der Waals surface area contributed by atoms with Gasteiger partial charge < -0.3 is 72.8 Å². The van der Waals surface area contributed by atoms with Crippen LogP contribution >= 0.6 is 0 Å². The van der Waals surface area contributed by atoms with E-state index in [2.05, 4.69) is 0 Å². The van der Waals surface area contributed by atoms with Gasteiger partial charge in [0.1, 0.15) is 24.4 Å². The van der Waals surface area contributed by atoms with Gasteiger partial charge in [0.2, 0.25) is 0 Å². The van der Waals surface area contributed by atoms with Crippen LogP contribution in [0.25, 0.3) is 0 Å². The van der Waals surface area contributed by atoms with Crippen LogP contribution in [0.1, 0.15) is 25.7 Å². The van der Waals surface area contributed by atoms with Gasteiger partial charge in [0.25, 0.3) is 0 Å². The number of rotatable bonds is 15. The van der Waals surface area contributed by atoms with Crippen LogP contribution < -0.4 is 22.9 Å². The molecule has 14 heteroatoms. The molecule has 2 unspecified atom stereocenters. The second kappa shape index (κ2) is 16.0. The molecule has 2 aliphatic rings. The van der Waals surface area contributed by atoms with Gasteiger partial charge in [-0.3, -0.25) is 0 Å². The maximum Gasteiger partial charge on any atom is 0.109 e. The maximum atomic E-state index is 10.3. The fourth-order valence-electron chi connectivity index (χ4n) is 5.24. The van der Waals surface area contributed by atoms with Gasteiger partial charge in [-0.1, -0.05) is 0 Å². The van der Waals surface area contributed by atoms with E-state index >= 15 is 0 Å². The summed E-state index contributed by atoms with van der Waals surface area (Å²) in [5.41, 5.74) is 23.5. The third kappa shape index (κ3) is 10.1. The second-order valence-corrected chi connectivity index (χ2v) is 11.2. The molecule has 2 saturated carbocycles. The molecule has 2 fully saturated rings. The average Bonchev–Trinajstić information content (AvgIpc) is 2.83. The highest BCUT2D eigenvalue weighted by Crippen LogP contribution is 2.22. The van der Waals surface area contributed by atoms with Crippen molar-refractivity contribution in [2.24, 2.45) is 22.9 Å². The Morgan fingerprint density at radius 1 is 0.632 bits per heavy atom. The van der Waals surface area contributed by atoms with E-state index in [0.717, 1.165) is 25.9 Å². The summed E-state index contributed by atoms with van der Waals surface area (Å²) in [6.45, 7) is 2.22. The Labute approximate surface area is 225 Å². The van der Waals surface area contributed by atoms with E-state index < -0.39 is 73.0 Å². The molecule has 0 heterocycles. The molecule has 38 heavy (non-hydrogen) atoms. The topological polar surface area (TPSA) is 250 Å². The summed E-state index contributed by atoms with van der Waals surface area (Å²) in [6, 6.07) is -2.23. The maximum absolute atomic E-state index is 10.3. The Morgan fingerprint density at radius 2 is 0.974 bits per heavy atom. The van der Waals surface area contributed by atoms with Crippen molar-refractivity contribution < 1.29 is 40.1 Å². The molecular formula is C24H52N6O8. The standard InChI is InChI=1S/C24H52N6O8/c1-29(9-13(31)11-37-23-17(27)7-15(25)19(33)21(23)35)5-3-4-6-30(2)10-14(32)12-38-24-18(28)8-16(26)20(34)22(24)36/h13-24,31-36H,3-12,25-28H2,1-2H3/t13?,14?,15-,16-,17+,18+,19+,20+,21-,22-,23-,24-/m1/s1. The average molecular weight is 553 g/mol. The summed E-state index contributed by atoms with van der Waals surface area (Å²) < 4.78 is 11.2. The monoisotopic (exact) mass is 552 g/mol. The van der Waals surface area contributed by atoms with Gasteiger partial charge in [-0.15, -0.1) is 0 Å². The minimum Gasteiger partial charge on any atom is -0.389 e. The number of hydrogen-bond donors (Lipinski definition) is 10. The van der Waals surface area contributed by atoms with Gasteiger partial charge in [-0.05, 0) is 52.9 Å². The van der Waals surface area contributed by atoms with E-state index in [9.17, 15) is 30.6 Å². The molecule has 14 N–H and O–H groups in total. The summed E-state index contributed by atoms with van der Waals surface area (Å²) in [4.78, 5) is 3.97. The molecule has 0 aromatic rings. The van der Waals surface area contributed by atoms with Crippen LogP contribution in [-0.4, -0.2) is 167 Å². The SMILES string of the molecule is CN(CCCCN(C)CC(O)CO[C@H]1[C@H](O)[C@@H](O)[C@H](N)C[C@@H]1N)CC(O)CO[C@H]1[C@H](O)[C@@H](O)[C@H](N)C[C@@H]1N. The molecular weight excluding hydrogens is 500 g/mol. The van der Waals surface area contributed by atoms with Crippen molar-refractivity contribution in [3.63, 3.8) is 0 Å². The number of nitrogens with zero attached hydrogens (tertiary/aromatic N) is 2. The van der Waals surface area contributed by atoms with Crippen LogP contribution in [0.3, 0.4) is 0 Å². The lowest BCUT2D eigenvalue weighted by Crippen LogP contribution is -2.62. The smallest absolute Gasteiger partial charge is 0.109 e.